The van der Waals surface area contributed by atoms with Gasteiger partial charge < -0.3 is 9.84 Å². The average molecular weight is 325 g/mol. The molecule has 1 heterocycles. The summed E-state index contributed by atoms with van der Waals surface area (Å²) in [5, 5.41) is 10.9. The minimum Gasteiger partial charge on any atom is -0.496 e. The number of nitrogens with zero attached hydrogens (tertiary/aromatic N) is 1. The van der Waals surface area contributed by atoms with Gasteiger partial charge in [-0.05, 0) is 42.9 Å². The van der Waals surface area contributed by atoms with E-state index in [0.29, 0.717) is 0 Å². The number of likely N-dealkylation sites (tertiary alicyclic amines) is 1. The highest BCUT2D eigenvalue weighted by Gasteiger charge is 2.32. The maximum atomic E-state index is 10.9. The molecule has 3 heteroatoms. The summed E-state index contributed by atoms with van der Waals surface area (Å²) in [6, 6.07) is 18.7. The SMILES string of the molecule is COc1ccccc1CCC1(O)CCN(Cc2ccccc2)CC1. The fourth-order valence-corrected chi connectivity index (χ4v) is 3.50. The smallest absolute Gasteiger partial charge is 0.122 e. The third-order valence-corrected chi connectivity index (χ3v) is 5.09. The van der Waals surface area contributed by atoms with Crippen molar-refractivity contribution in [2.75, 3.05) is 20.2 Å². The molecule has 3 rings (SSSR count). The number of para-hydroxylation sites is 1. The summed E-state index contributed by atoms with van der Waals surface area (Å²) in [5.74, 6) is 0.919. The van der Waals surface area contributed by atoms with Crippen LogP contribution in [0.25, 0.3) is 0 Å². The first-order valence-corrected chi connectivity index (χ1v) is 8.79. The van der Waals surface area contributed by atoms with Gasteiger partial charge in [-0.1, -0.05) is 48.5 Å². The van der Waals surface area contributed by atoms with Crippen molar-refractivity contribution in [2.24, 2.45) is 0 Å². The van der Waals surface area contributed by atoms with Crippen molar-refractivity contribution >= 4 is 0 Å². The highest BCUT2D eigenvalue weighted by molar-refractivity contribution is 5.33. The van der Waals surface area contributed by atoms with Gasteiger partial charge in [0.15, 0.2) is 0 Å². The quantitative estimate of drug-likeness (QED) is 0.880. The Morgan fingerprint density at radius 2 is 1.67 bits per heavy atom. The van der Waals surface area contributed by atoms with Gasteiger partial charge >= 0.3 is 0 Å². The molecule has 0 aliphatic carbocycles. The van der Waals surface area contributed by atoms with Gasteiger partial charge in [0.1, 0.15) is 5.75 Å². The van der Waals surface area contributed by atoms with Gasteiger partial charge in [-0.15, -0.1) is 0 Å². The number of aliphatic hydroxyl groups is 1. The number of piperidine rings is 1. The van der Waals surface area contributed by atoms with Gasteiger partial charge in [0.25, 0.3) is 0 Å². The van der Waals surface area contributed by atoms with E-state index in [1.54, 1.807) is 7.11 Å². The molecular weight excluding hydrogens is 298 g/mol. The van der Waals surface area contributed by atoms with E-state index in [4.69, 9.17) is 4.74 Å². The molecule has 24 heavy (non-hydrogen) atoms. The molecule has 2 aromatic carbocycles. The molecule has 1 fully saturated rings. The van der Waals surface area contributed by atoms with Crippen molar-refractivity contribution in [3.8, 4) is 5.75 Å². The van der Waals surface area contributed by atoms with Gasteiger partial charge in [-0.2, -0.15) is 0 Å². The number of ether oxygens (including phenoxy) is 1. The molecule has 0 unspecified atom stereocenters. The van der Waals surface area contributed by atoms with E-state index in [2.05, 4.69) is 41.3 Å². The lowest BCUT2D eigenvalue weighted by Crippen LogP contribution is -2.44. The van der Waals surface area contributed by atoms with Crippen molar-refractivity contribution in [3.05, 3.63) is 65.7 Å². The van der Waals surface area contributed by atoms with Crippen molar-refractivity contribution < 1.29 is 9.84 Å². The van der Waals surface area contributed by atoms with Crippen molar-refractivity contribution in [3.63, 3.8) is 0 Å². The second kappa shape index (κ2) is 7.82. The van der Waals surface area contributed by atoms with E-state index in [0.717, 1.165) is 51.1 Å². The van der Waals surface area contributed by atoms with Crippen LogP contribution < -0.4 is 4.74 Å². The summed E-state index contributed by atoms with van der Waals surface area (Å²) < 4.78 is 5.41. The molecule has 1 saturated heterocycles. The molecule has 0 amide bonds. The lowest BCUT2D eigenvalue weighted by atomic mass is 9.85. The zero-order valence-electron chi connectivity index (χ0n) is 14.4. The van der Waals surface area contributed by atoms with E-state index in [1.807, 2.05) is 18.2 Å². The van der Waals surface area contributed by atoms with Gasteiger partial charge in [0.2, 0.25) is 0 Å². The minimum absolute atomic E-state index is 0.548. The van der Waals surface area contributed by atoms with Gasteiger partial charge in [-0.25, -0.2) is 0 Å². The van der Waals surface area contributed by atoms with Crippen molar-refractivity contribution in [1.29, 1.82) is 0 Å². The fraction of sp³-hybridized carbons (Fsp3) is 0.429. The Morgan fingerprint density at radius 1 is 1.00 bits per heavy atom. The molecule has 0 saturated carbocycles. The average Bonchev–Trinajstić information content (AvgIpc) is 2.63. The first kappa shape index (κ1) is 17.0. The summed E-state index contributed by atoms with van der Waals surface area (Å²) in [4.78, 5) is 2.44. The Labute approximate surface area is 144 Å². The van der Waals surface area contributed by atoms with Gasteiger partial charge in [0, 0.05) is 19.6 Å². The maximum absolute atomic E-state index is 10.9. The van der Waals surface area contributed by atoms with Crippen LogP contribution in [0, 0.1) is 0 Å². The third-order valence-electron chi connectivity index (χ3n) is 5.09. The third kappa shape index (κ3) is 4.37. The van der Waals surface area contributed by atoms with Crippen molar-refractivity contribution in [1.82, 2.24) is 4.90 Å². The molecule has 0 spiro atoms. The Kier molecular flexibility index (Phi) is 5.54. The Hall–Kier alpha value is -1.84. The maximum Gasteiger partial charge on any atom is 0.122 e. The van der Waals surface area contributed by atoms with Gasteiger partial charge in [-0.3, -0.25) is 4.90 Å². The van der Waals surface area contributed by atoms with Crippen LogP contribution in [0.5, 0.6) is 5.75 Å². The highest BCUT2D eigenvalue weighted by Crippen LogP contribution is 2.29. The van der Waals surface area contributed by atoms with E-state index < -0.39 is 5.60 Å². The number of benzene rings is 2. The summed E-state index contributed by atoms with van der Waals surface area (Å²) >= 11 is 0. The van der Waals surface area contributed by atoms with Crippen LogP contribution in [0.3, 0.4) is 0 Å². The topological polar surface area (TPSA) is 32.7 Å². The monoisotopic (exact) mass is 325 g/mol. The Morgan fingerprint density at radius 3 is 2.38 bits per heavy atom. The number of aryl methyl sites for hydroxylation is 1. The second-order valence-electron chi connectivity index (χ2n) is 6.80. The highest BCUT2D eigenvalue weighted by atomic mass is 16.5. The van der Waals surface area contributed by atoms with E-state index in [9.17, 15) is 5.11 Å². The number of hydrogen-bond donors (Lipinski definition) is 1. The van der Waals surface area contributed by atoms with Crippen LogP contribution in [0.15, 0.2) is 54.6 Å². The first-order valence-electron chi connectivity index (χ1n) is 8.79. The van der Waals surface area contributed by atoms with E-state index >= 15 is 0 Å². The predicted octanol–water partition coefficient (Wildman–Crippen LogP) is 3.65. The lowest BCUT2D eigenvalue weighted by molar-refractivity contribution is -0.0291. The molecule has 0 aromatic heterocycles. The molecule has 0 atom stereocenters. The van der Waals surface area contributed by atoms with Crippen LogP contribution in [0.1, 0.15) is 30.4 Å². The van der Waals surface area contributed by atoms with Gasteiger partial charge in [0.05, 0.1) is 12.7 Å². The normalized spacial score (nSPS) is 17.6. The van der Waals surface area contributed by atoms with Crippen LogP contribution in [0.2, 0.25) is 0 Å². The van der Waals surface area contributed by atoms with Crippen LogP contribution >= 0.6 is 0 Å². The molecule has 128 valence electrons. The molecule has 3 nitrogen and oxygen atoms in total. The molecule has 0 radical (unpaired) electrons. The zero-order chi connectivity index (χ0) is 16.8. The summed E-state index contributed by atoms with van der Waals surface area (Å²) in [5.41, 5.74) is 1.98. The molecule has 1 aliphatic heterocycles. The number of hydrogen-bond acceptors (Lipinski definition) is 3. The van der Waals surface area contributed by atoms with Crippen LogP contribution in [-0.2, 0) is 13.0 Å². The van der Waals surface area contributed by atoms with Crippen LogP contribution in [0.4, 0.5) is 0 Å². The van der Waals surface area contributed by atoms with E-state index in [1.165, 1.54) is 11.1 Å². The second-order valence-corrected chi connectivity index (χ2v) is 6.80. The number of methoxy groups -OCH3 is 1. The lowest BCUT2D eigenvalue weighted by Gasteiger charge is -2.38. The Balaban J connectivity index is 1.51. The van der Waals surface area contributed by atoms with Crippen LogP contribution in [-0.4, -0.2) is 35.8 Å². The number of rotatable bonds is 6. The summed E-state index contributed by atoms with van der Waals surface area (Å²) in [6.45, 7) is 2.89. The molecule has 1 N–H and O–H groups in total. The largest absolute Gasteiger partial charge is 0.496 e. The summed E-state index contributed by atoms with van der Waals surface area (Å²) in [7, 11) is 1.70. The minimum atomic E-state index is -0.548. The predicted molar refractivity (Wildman–Crippen MR) is 97.2 cm³/mol. The molecule has 1 aliphatic rings. The first-order chi connectivity index (χ1) is 11.7. The summed E-state index contributed by atoms with van der Waals surface area (Å²) in [6.07, 6.45) is 3.34. The van der Waals surface area contributed by atoms with E-state index in [-0.39, 0.29) is 0 Å². The van der Waals surface area contributed by atoms with Crippen molar-refractivity contribution in [2.45, 2.75) is 37.8 Å². The Bertz CT molecular complexity index is 633. The molecule has 2 aromatic rings. The standard InChI is InChI=1S/C21H27NO2/c1-24-20-10-6-5-9-19(20)11-12-21(23)13-15-22(16-14-21)17-18-7-3-2-4-8-18/h2-10,23H,11-17H2,1H3. The fourth-order valence-electron chi connectivity index (χ4n) is 3.50. The zero-order valence-corrected chi connectivity index (χ0v) is 14.4. The molecular formula is C21H27NO2. The molecule has 0 bridgehead atoms.